The SMILES string of the molecule is CCC1CCC(COC(C)/C(F)=C(/F)C(C)N)CC1. The summed E-state index contributed by atoms with van der Waals surface area (Å²) in [4.78, 5) is 0. The molecule has 2 N–H and O–H groups in total. The van der Waals surface area contributed by atoms with Crippen LogP contribution in [0.2, 0.25) is 0 Å². The molecule has 0 amide bonds. The smallest absolute Gasteiger partial charge is 0.161 e. The minimum atomic E-state index is -0.911. The Balaban J connectivity index is 2.35. The van der Waals surface area contributed by atoms with E-state index in [0.29, 0.717) is 12.5 Å². The molecule has 0 spiro atoms. The molecule has 4 heteroatoms. The summed E-state index contributed by atoms with van der Waals surface area (Å²) in [6.45, 7) is 5.69. The predicted octanol–water partition coefficient (Wildman–Crippen LogP) is 4.11. The summed E-state index contributed by atoms with van der Waals surface area (Å²) >= 11 is 0. The lowest BCUT2D eigenvalue weighted by Crippen LogP contribution is -2.23. The molecule has 0 aliphatic heterocycles. The summed E-state index contributed by atoms with van der Waals surface area (Å²) in [5.41, 5.74) is 5.32. The molecule has 0 aromatic heterocycles. The van der Waals surface area contributed by atoms with Crippen molar-refractivity contribution in [3.8, 4) is 0 Å². The minimum absolute atomic E-state index is 0.483. The van der Waals surface area contributed by atoms with Crippen molar-refractivity contribution >= 4 is 0 Å². The van der Waals surface area contributed by atoms with E-state index in [0.717, 1.165) is 18.8 Å². The van der Waals surface area contributed by atoms with Gasteiger partial charge in [0.2, 0.25) is 0 Å². The number of ether oxygens (including phenoxy) is 1. The molecule has 0 radical (unpaired) electrons. The molecule has 19 heavy (non-hydrogen) atoms. The van der Waals surface area contributed by atoms with Gasteiger partial charge >= 0.3 is 0 Å². The Hall–Kier alpha value is -0.480. The van der Waals surface area contributed by atoms with Crippen molar-refractivity contribution in [2.24, 2.45) is 17.6 Å². The summed E-state index contributed by atoms with van der Waals surface area (Å²) in [5, 5.41) is 0. The zero-order chi connectivity index (χ0) is 14.4. The third kappa shape index (κ3) is 5.19. The van der Waals surface area contributed by atoms with E-state index in [1.54, 1.807) is 0 Å². The second-order valence-corrected chi connectivity index (χ2v) is 5.76. The number of nitrogens with two attached hydrogens (primary N) is 1. The number of rotatable bonds is 6. The van der Waals surface area contributed by atoms with Crippen LogP contribution in [0.5, 0.6) is 0 Å². The van der Waals surface area contributed by atoms with Gasteiger partial charge in [-0.15, -0.1) is 0 Å². The molecule has 0 heterocycles. The molecule has 1 saturated carbocycles. The average molecular weight is 275 g/mol. The van der Waals surface area contributed by atoms with Crippen LogP contribution in [0.15, 0.2) is 11.7 Å². The Morgan fingerprint density at radius 2 is 1.63 bits per heavy atom. The van der Waals surface area contributed by atoms with Crippen LogP contribution in [0.1, 0.15) is 52.9 Å². The van der Waals surface area contributed by atoms with Crippen LogP contribution in [0, 0.1) is 11.8 Å². The van der Waals surface area contributed by atoms with Gasteiger partial charge in [-0.3, -0.25) is 0 Å². The maximum atomic E-state index is 13.6. The van der Waals surface area contributed by atoms with Crippen LogP contribution in [0.25, 0.3) is 0 Å². The first-order valence-electron chi connectivity index (χ1n) is 7.37. The van der Waals surface area contributed by atoms with E-state index >= 15 is 0 Å². The quantitative estimate of drug-likeness (QED) is 0.792. The Kier molecular flexibility index (Phi) is 6.94. The maximum Gasteiger partial charge on any atom is 0.161 e. The summed E-state index contributed by atoms with van der Waals surface area (Å²) in [6.07, 6.45) is 5.12. The van der Waals surface area contributed by atoms with Crippen LogP contribution < -0.4 is 5.73 Å². The zero-order valence-corrected chi connectivity index (χ0v) is 12.3. The molecule has 2 nitrogen and oxygen atoms in total. The fraction of sp³-hybridized carbons (Fsp3) is 0.867. The Morgan fingerprint density at radius 3 is 2.11 bits per heavy atom. The van der Waals surface area contributed by atoms with E-state index in [1.165, 1.54) is 33.1 Å². The van der Waals surface area contributed by atoms with Crippen molar-refractivity contribution in [3.05, 3.63) is 11.7 Å². The largest absolute Gasteiger partial charge is 0.371 e. The van der Waals surface area contributed by atoms with E-state index in [1.807, 2.05) is 0 Å². The van der Waals surface area contributed by atoms with Gasteiger partial charge in [0.05, 0.1) is 12.6 Å². The van der Waals surface area contributed by atoms with E-state index in [2.05, 4.69) is 6.92 Å². The van der Waals surface area contributed by atoms with Gasteiger partial charge in [0.1, 0.15) is 6.10 Å². The molecule has 0 aromatic carbocycles. The summed E-state index contributed by atoms with van der Waals surface area (Å²) in [6, 6.07) is -0.911. The van der Waals surface area contributed by atoms with Crippen LogP contribution >= 0.6 is 0 Å². The molecular weight excluding hydrogens is 248 g/mol. The number of hydrogen-bond acceptors (Lipinski definition) is 2. The molecule has 2 unspecified atom stereocenters. The fourth-order valence-corrected chi connectivity index (χ4v) is 2.57. The highest BCUT2D eigenvalue weighted by atomic mass is 19.2. The van der Waals surface area contributed by atoms with Crippen LogP contribution in [0.4, 0.5) is 8.78 Å². The van der Waals surface area contributed by atoms with Gasteiger partial charge in [-0.05, 0) is 38.5 Å². The molecule has 0 bridgehead atoms. The maximum absolute atomic E-state index is 13.6. The normalized spacial score (nSPS) is 28.7. The third-order valence-electron chi connectivity index (χ3n) is 4.11. The van der Waals surface area contributed by atoms with Crippen LogP contribution in [-0.4, -0.2) is 18.8 Å². The van der Waals surface area contributed by atoms with Gasteiger partial charge in [0.15, 0.2) is 11.7 Å². The number of hydrogen-bond donors (Lipinski definition) is 1. The lowest BCUT2D eigenvalue weighted by molar-refractivity contribution is 0.0322. The summed E-state index contributed by atoms with van der Waals surface area (Å²) < 4.78 is 32.4. The first-order valence-corrected chi connectivity index (χ1v) is 7.37. The molecule has 1 fully saturated rings. The van der Waals surface area contributed by atoms with Crippen molar-refractivity contribution in [1.29, 1.82) is 0 Å². The second-order valence-electron chi connectivity index (χ2n) is 5.76. The molecule has 112 valence electrons. The average Bonchev–Trinajstić information content (AvgIpc) is 2.43. The molecule has 0 saturated heterocycles. The molecule has 1 rings (SSSR count). The van der Waals surface area contributed by atoms with Gasteiger partial charge in [-0.25, -0.2) is 8.78 Å². The predicted molar refractivity (Wildman–Crippen MR) is 74.0 cm³/mol. The highest BCUT2D eigenvalue weighted by Gasteiger charge is 2.23. The monoisotopic (exact) mass is 275 g/mol. The Morgan fingerprint density at radius 1 is 1.11 bits per heavy atom. The number of halogens is 2. The highest BCUT2D eigenvalue weighted by molar-refractivity contribution is 5.09. The van der Waals surface area contributed by atoms with Crippen molar-refractivity contribution in [1.82, 2.24) is 0 Å². The van der Waals surface area contributed by atoms with E-state index < -0.39 is 23.8 Å². The highest BCUT2D eigenvalue weighted by Crippen LogP contribution is 2.31. The van der Waals surface area contributed by atoms with Crippen LogP contribution in [-0.2, 0) is 4.74 Å². The lowest BCUT2D eigenvalue weighted by Gasteiger charge is -2.28. The molecule has 1 aliphatic rings. The summed E-state index contributed by atoms with van der Waals surface area (Å²) in [5.74, 6) is -0.448. The second kappa shape index (κ2) is 7.95. The Labute approximate surface area is 115 Å². The van der Waals surface area contributed by atoms with Crippen LogP contribution in [0.3, 0.4) is 0 Å². The minimum Gasteiger partial charge on any atom is -0.371 e. The van der Waals surface area contributed by atoms with Crippen molar-refractivity contribution < 1.29 is 13.5 Å². The standard InChI is InChI=1S/C15H27F2NO/c1-4-12-5-7-13(8-6-12)9-19-11(3)15(17)14(16)10(2)18/h10-13H,4-9,18H2,1-3H3/b15-14-. The molecule has 0 aromatic rings. The zero-order valence-electron chi connectivity index (χ0n) is 12.3. The van der Waals surface area contributed by atoms with Gasteiger partial charge < -0.3 is 10.5 Å². The van der Waals surface area contributed by atoms with Crippen molar-refractivity contribution in [2.45, 2.75) is 65.0 Å². The Bertz CT molecular complexity index is 297. The van der Waals surface area contributed by atoms with Crippen molar-refractivity contribution in [3.63, 3.8) is 0 Å². The topological polar surface area (TPSA) is 35.2 Å². The van der Waals surface area contributed by atoms with Gasteiger partial charge in [0.25, 0.3) is 0 Å². The van der Waals surface area contributed by atoms with Crippen molar-refractivity contribution in [2.75, 3.05) is 6.61 Å². The molecular formula is C15H27F2NO. The van der Waals surface area contributed by atoms with E-state index in [4.69, 9.17) is 10.5 Å². The van der Waals surface area contributed by atoms with Gasteiger partial charge in [-0.1, -0.05) is 26.2 Å². The summed E-state index contributed by atoms with van der Waals surface area (Å²) in [7, 11) is 0. The first kappa shape index (κ1) is 16.6. The fourth-order valence-electron chi connectivity index (χ4n) is 2.57. The first-order chi connectivity index (χ1) is 8.95. The van der Waals surface area contributed by atoms with Gasteiger partial charge in [0, 0.05) is 0 Å². The molecule has 1 aliphatic carbocycles. The third-order valence-corrected chi connectivity index (χ3v) is 4.11. The van der Waals surface area contributed by atoms with Gasteiger partial charge in [-0.2, -0.15) is 0 Å². The van der Waals surface area contributed by atoms with E-state index in [9.17, 15) is 8.78 Å². The van der Waals surface area contributed by atoms with E-state index in [-0.39, 0.29) is 0 Å². The lowest BCUT2D eigenvalue weighted by atomic mass is 9.81. The molecule has 2 atom stereocenters.